The van der Waals surface area contributed by atoms with Gasteiger partial charge in [0.15, 0.2) is 5.82 Å². The van der Waals surface area contributed by atoms with E-state index < -0.39 is 0 Å². The van der Waals surface area contributed by atoms with Crippen molar-refractivity contribution in [2.24, 2.45) is 0 Å². The molecule has 0 amide bonds. The first kappa shape index (κ1) is 13.5. The van der Waals surface area contributed by atoms with Crippen LogP contribution in [0.2, 0.25) is 0 Å². The van der Waals surface area contributed by atoms with Gasteiger partial charge < -0.3 is 5.73 Å². The lowest BCUT2D eigenvalue weighted by atomic mass is 10.1. The van der Waals surface area contributed by atoms with Crippen molar-refractivity contribution in [3.63, 3.8) is 0 Å². The number of benzene rings is 3. The minimum Gasteiger partial charge on any atom is -0.398 e. The Balaban J connectivity index is 1.94. The van der Waals surface area contributed by atoms with E-state index in [1.54, 1.807) is 4.68 Å². The van der Waals surface area contributed by atoms with Crippen LogP contribution in [0.25, 0.3) is 27.8 Å². The van der Waals surface area contributed by atoms with Gasteiger partial charge in [-0.2, -0.15) is 4.68 Å². The Morgan fingerprint density at radius 1 is 0.957 bits per heavy atom. The van der Waals surface area contributed by atoms with Crippen molar-refractivity contribution in [2.75, 3.05) is 5.73 Å². The fourth-order valence-electron chi connectivity index (χ4n) is 2.70. The third kappa shape index (κ3) is 2.23. The maximum absolute atomic E-state index is 6.03. The summed E-state index contributed by atoms with van der Waals surface area (Å²) < 4.78 is 1.76. The van der Waals surface area contributed by atoms with Crippen molar-refractivity contribution < 1.29 is 0 Å². The number of hydrogen-bond donors (Lipinski definition) is 1. The number of aryl methyl sites for hydroxylation is 1. The van der Waals surface area contributed by atoms with Crippen molar-refractivity contribution >= 4 is 16.5 Å². The highest BCUT2D eigenvalue weighted by Crippen LogP contribution is 2.27. The lowest BCUT2D eigenvalue weighted by Gasteiger charge is -2.09. The topological polar surface area (TPSA) is 69.6 Å². The largest absolute Gasteiger partial charge is 0.398 e. The standard InChI is InChI=1S/C18H15N5/c1-12-9-10-14(11-16(12)19)18-20-21-22-23(18)17-8-4-6-13-5-2-3-7-15(13)17/h2-11H,19H2,1H3. The van der Waals surface area contributed by atoms with Gasteiger partial charge in [-0.15, -0.1) is 5.10 Å². The first-order valence-corrected chi connectivity index (χ1v) is 7.37. The van der Waals surface area contributed by atoms with Crippen LogP contribution in [0.3, 0.4) is 0 Å². The quantitative estimate of drug-likeness (QED) is 0.576. The molecule has 4 aromatic rings. The summed E-state index contributed by atoms with van der Waals surface area (Å²) in [5, 5.41) is 14.5. The van der Waals surface area contributed by atoms with Gasteiger partial charge in [0.05, 0.1) is 5.69 Å². The minimum absolute atomic E-state index is 0.674. The van der Waals surface area contributed by atoms with Crippen LogP contribution in [0.5, 0.6) is 0 Å². The van der Waals surface area contributed by atoms with Crippen LogP contribution in [-0.2, 0) is 0 Å². The predicted octanol–water partition coefficient (Wildman–Crippen LogP) is 3.37. The van der Waals surface area contributed by atoms with Crippen molar-refractivity contribution in [3.8, 4) is 17.1 Å². The Bertz CT molecular complexity index is 998. The Kier molecular flexibility index (Phi) is 3.05. The molecule has 4 rings (SSSR count). The average molecular weight is 301 g/mol. The van der Waals surface area contributed by atoms with E-state index in [4.69, 9.17) is 5.73 Å². The number of rotatable bonds is 2. The molecule has 0 spiro atoms. The lowest BCUT2D eigenvalue weighted by Crippen LogP contribution is -2.01. The van der Waals surface area contributed by atoms with Gasteiger partial charge in [0.2, 0.25) is 0 Å². The van der Waals surface area contributed by atoms with E-state index in [-0.39, 0.29) is 0 Å². The monoisotopic (exact) mass is 301 g/mol. The van der Waals surface area contributed by atoms with E-state index in [1.165, 1.54) is 0 Å². The van der Waals surface area contributed by atoms with Gasteiger partial charge in [-0.25, -0.2) is 0 Å². The Morgan fingerprint density at radius 2 is 1.78 bits per heavy atom. The highest BCUT2D eigenvalue weighted by atomic mass is 15.5. The van der Waals surface area contributed by atoms with Crippen LogP contribution in [0.4, 0.5) is 5.69 Å². The first-order valence-electron chi connectivity index (χ1n) is 7.37. The molecule has 0 aliphatic heterocycles. The maximum Gasteiger partial charge on any atom is 0.187 e. The summed E-state index contributed by atoms with van der Waals surface area (Å²) in [5.74, 6) is 0.674. The normalized spacial score (nSPS) is 11.0. The number of tetrazole rings is 1. The zero-order chi connectivity index (χ0) is 15.8. The van der Waals surface area contributed by atoms with Crippen LogP contribution in [0.15, 0.2) is 60.7 Å². The summed E-state index contributed by atoms with van der Waals surface area (Å²) in [7, 11) is 0. The second-order valence-corrected chi connectivity index (χ2v) is 5.48. The predicted molar refractivity (Wildman–Crippen MR) is 91.2 cm³/mol. The highest BCUT2D eigenvalue weighted by molar-refractivity contribution is 5.90. The molecule has 0 radical (unpaired) electrons. The van der Waals surface area contributed by atoms with Gasteiger partial charge in [-0.1, -0.05) is 48.5 Å². The summed E-state index contributed by atoms with van der Waals surface area (Å²) in [6.45, 7) is 1.98. The van der Waals surface area contributed by atoms with Crippen molar-refractivity contribution in [3.05, 3.63) is 66.2 Å². The Morgan fingerprint density at radius 3 is 2.65 bits per heavy atom. The third-order valence-electron chi connectivity index (χ3n) is 4.00. The van der Waals surface area contributed by atoms with Crippen LogP contribution < -0.4 is 5.73 Å². The molecule has 0 aliphatic rings. The molecule has 0 fully saturated rings. The van der Waals surface area contributed by atoms with Gasteiger partial charge in [0, 0.05) is 16.6 Å². The van der Waals surface area contributed by atoms with E-state index >= 15 is 0 Å². The molecule has 0 aliphatic carbocycles. The van der Waals surface area contributed by atoms with Gasteiger partial charge in [-0.05, 0) is 40.4 Å². The Labute approximate surface area is 133 Å². The van der Waals surface area contributed by atoms with Gasteiger partial charge in [-0.3, -0.25) is 0 Å². The smallest absolute Gasteiger partial charge is 0.187 e. The first-order chi connectivity index (χ1) is 11.2. The van der Waals surface area contributed by atoms with Crippen molar-refractivity contribution in [1.29, 1.82) is 0 Å². The molecule has 3 aromatic carbocycles. The maximum atomic E-state index is 6.03. The molecular formula is C18H15N5. The third-order valence-corrected chi connectivity index (χ3v) is 4.00. The van der Waals surface area contributed by atoms with Crippen molar-refractivity contribution in [2.45, 2.75) is 6.92 Å². The summed E-state index contributed by atoms with van der Waals surface area (Å²) in [4.78, 5) is 0. The molecule has 23 heavy (non-hydrogen) atoms. The lowest BCUT2D eigenvalue weighted by molar-refractivity contribution is 0.795. The van der Waals surface area contributed by atoms with E-state index in [9.17, 15) is 0 Å². The summed E-state index contributed by atoms with van der Waals surface area (Å²) in [5.41, 5.74) is 9.64. The van der Waals surface area contributed by atoms with E-state index in [1.807, 2.05) is 49.4 Å². The van der Waals surface area contributed by atoms with Crippen LogP contribution in [0, 0.1) is 6.92 Å². The molecule has 2 N–H and O–H groups in total. The van der Waals surface area contributed by atoms with E-state index in [0.717, 1.165) is 33.3 Å². The van der Waals surface area contributed by atoms with Crippen LogP contribution in [0.1, 0.15) is 5.56 Å². The fraction of sp³-hybridized carbons (Fsp3) is 0.0556. The van der Waals surface area contributed by atoms with Crippen LogP contribution in [-0.4, -0.2) is 20.2 Å². The number of nitrogens with two attached hydrogens (primary N) is 1. The number of hydrogen-bond acceptors (Lipinski definition) is 4. The second-order valence-electron chi connectivity index (χ2n) is 5.48. The summed E-state index contributed by atoms with van der Waals surface area (Å²) in [6.07, 6.45) is 0. The zero-order valence-corrected chi connectivity index (χ0v) is 12.6. The molecule has 0 bridgehead atoms. The zero-order valence-electron chi connectivity index (χ0n) is 12.6. The number of fused-ring (bicyclic) bond motifs is 1. The minimum atomic E-state index is 0.674. The summed E-state index contributed by atoms with van der Waals surface area (Å²) in [6, 6.07) is 20.1. The van der Waals surface area contributed by atoms with Crippen molar-refractivity contribution in [1.82, 2.24) is 20.2 Å². The number of anilines is 1. The molecule has 0 atom stereocenters. The Hall–Kier alpha value is -3.21. The SMILES string of the molecule is Cc1ccc(-c2nnnn2-c2cccc3ccccc23)cc1N. The second kappa shape index (κ2) is 5.21. The van der Waals surface area contributed by atoms with E-state index in [2.05, 4.69) is 33.7 Å². The number of nitrogen functional groups attached to an aromatic ring is 1. The molecule has 1 heterocycles. The summed E-state index contributed by atoms with van der Waals surface area (Å²) >= 11 is 0. The average Bonchev–Trinajstić information content (AvgIpc) is 3.06. The van der Waals surface area contributed by atoms with E-state index in [0.29, 0.717) is 5.82 Å². The van der Waals surface area contributed by atoms with Crippen LogP contribution >= 0.6 is 0 Å². The molecule has 112 valence electrons. The molecule has 1 aromatic heterocycles. The van der Waals surface area contributed by atoms with Gasteiger partial charge >= 0.3 is 0 Å². The van der Waals surface area contributed by atoms with Gasteiger partial charge in [0.25, 0.3) is 0 Å². The number of aromatic nitrogens is 4. The molecule has 5 nitrogen and oxygen atoms in total. The highest BCUT2D eigenvalue weighted by Gasteiger charge is 2.13. The molecule has 0 saturated carbocycles. The number of nitrogens with zero attached hydrogens (tertiary/aromatic N) is 4. The molecule has 0 unspecified atom stereocenters. The van der Waals surface area contributed by atoms with Gasteiger partial charge in [0.1, 0.15) is 0 Å². The molecular weight excluding hydrogens is 286 g/mol. The molecule has 0 saturated heterocycles. The fourth-order valence-corrected chi connectivity index (χ4v) is 2.70. The molecule has 5 heteroatoms.